The van der Waals surface area contributed by atoms with Crippen molar-refractivity contribution in [1.29, 1.82) is 0 Å². The molecule has 6 heteroatoms. The zero-order valence-electron chi connectivity index (χ0n) is 12.7. The van der Waals surface area contributed by atoms with Crippen LogP contribution < -0.4 is 10.6 Å². The van der Waals surface area contributed by atoms with Gasteiger partial charge < -0.3 is 15.1 Å². The summed E-state index contributed by atoms with van der Waals surface area (Å²) in [6.45, 7) is 4.75. The molecule has 1 saturated heterocycles. The van der Waals surface area contributed by atoms with E-state index < -0.39 is 0 Å². The third-order valence-electron chi connectivity index (χ3n) is 3.83. The molecular formula is C16H21N3O2S. The van der Waals surface area contributed by atoms with Crippen LogP contribution in [0.3, 0.4) is 0 Å². The average Bonchev–Trinajstić information content (AvgIpc) is 3.15. The SMILES string of the molecule is Cc1ccc(-c2nc(CC(=O)NCC3CCCNC3)cs2)o1. The minimum absolute atomic E-state index is 0.0399. The molecule has 1 amide bonds. The summed E-state index contributed by atoms with van der Waals surface area (Å²) in [5.74, 6) is 2.22. The topological polar surface area (TPSA) is 67.2 Å². The molecule has 0 radical (unpaired) electrons. The Labute approximate surface area is 134 Å². The van der Waals surface area contributed by atoms with Gasteiger partial charge in [0.05, 0.1) is 12.1 Å². The first-order valence-corrected chi connectivity index (χ1v) is 8.57. The maximum absolute atomic E-state index is 12.0. The minimum Gasteiger partial charge on any atom is -0.459 e. The summed E-state index contributed by atoms with van der Waals surface area (Å²) >= 11 is 1.51. The van der Waals surface area contributed by atoms with Gasteiger partial charge in [0.2, 0.25) is 5.91 Å². The van der Waals surface area contributed by atoms with Crippen LogP contribution >= 0.6 is 11.3 Å². The van der Waals surface area contributed by atoms with Gasteiger partial charge in [-0.05, 0) is 50.9 Å². The highest BCUT2D eigenvalue weighted by atomic mass is 32.1. The molecule has 1 aliphatic rings. The van der Waals surface area contributed by atoms with Crippen LogP contribution in [0.1, 0.15) is 24.3 Å². The Morgan fingerprint density at radius 1 is 1.55 bits per heavy atom. The summed E-state index contributed by atoms with van der Waals surface area (Å²) in [7, 11) is 0. The average molecular weight is 319 g/mol. The van der Waals surface area contributed by atoms with E-state index in [9.17, 15) is 4.79 Å². The Bertz CT molecular complexity index is 629. The zero-order valence-corrected chi connectivity index (χ0v) is 13.5. The number of rotatable bonds is 5. The maximum atomic E-state index is 12.0. The van der Waals surface area contributed by atoms with Gasteiger partial charge in [0, 0.05) is 11.9 Å². The van der Waals surface area contributed by atoms with Gasteiger partial charge in [-0.25, -0.2) is 4.98 Å². The van der Waals surface area contributed by atoms with E-state index in [-0.39, 0.29) is 5.91 Å². The van der Waals surface area contributed by atoms with Crippen molar-refractivity contribution in [3.63, 3.8) is 0 Å². The van der Waals surface area contributed by atoms with Crippen LogP contribution in [0, 0.1) is 12.8 Å². The van der Waals surface area contributed by atoms with Gasteiger partial charge in [-0.2, -0.15) is 0 Å². The number of furan rings is 1. The first-order chi connectivity index (χ1) is 10.7. The lowest BCUT2D eigenvalue weighted by atomic mass is 10.00. The van der Waals surface area contributed by atoms with E-state index in [1.165, 1.54) is 24.2 Å². The second kappa shape index (κ2) is 7.07. The number of aryl methyl sites for hydroxylation is 1. The normalized spacial score (nSPS) is 18.3. The van der Waals surface area contributed by atoms with Crippen LogP contribution in [0.25, 0.3) is 10.8 Å². The minimum atomic E-state index is 0.0399. The number of carbonyl (C=O) groups is 1. The Kier molecular flexibility index (Phi) is 4.90. The summed E-state index contributed by atoms with van der Waals surface area (Å²) in [6.07, 6.45) is 2.71. The van der Waals surface area contributed by atoms with Crippen LogP contribution in [-0.2, 0) is 11.2 Å². The summed E-state index contributed by atoms with van der Waals surface area (Å²) in [6, 6.07) is 3.83. The van der Waals surface area contributed by atoms with Crippen molar-refractivity contribution in [2.45, 2.75) is 26.2 Å². The lowest BCUT2D eigenvalue weighted by Crippen LogP contribution is -2.38. The number of hydrogen-bond acceptors (Lipinski definition) is 5. The van der Waals surface area contributed by atoms with Gasteiger partial charge in [0.15, 0.2) is 10.8 Å². The smallest absolute Gasteiger partial charge is 0.226 e. The Balaban J connectivity index is 1.50. The van der Waals surface area contributed by atoms with E-state index in [4.69, 9.17) is 4.42 Å². The number of thiazole rings is 1. The van der Waals surface area contributed by atoms with E-state index in [1.807, 2.05) is 24.4 Å². The molecule has 3 heterocycles. The second-order valence-corrected chi connectivity index (χ2v) is 6.61. The standard InChI is InChI=1S/C16H21N3O2S/c1-11-4-5-14(21-11)16-19-13(10-22-16)7-15(20)18-9-12-3-2-6-17-8-12/h4-5,10,12,17H,2-3,6-9H2,1H3,(H,18,20). The number of nitrogens with one attached hydrogen (secondary N) is 2. The third kappa shape index (κ3) is 3.96. The molecule has 0 bridgehead atoms. The lowest BCUT2D eigenvalue weighted by Gasteiger charge is -2.22. The van der Waals surface area contributed by atoms with Crippen LogP contribution in [0.2, 0.25) is 0 Å². The quantitative estimate of drug-likeness (QED) is 0.888. The summed E-state index contributed by atoms with van der Waals surface area (Å²) in [5, 5.41) is 9.13. The first kappa shape index (κ1) is 15.2. The van der Waals surface area contributed by atoms with Gasteiger partial charge in [0.25, 0.3) is 0 Å². The number of aromatic nitrogens is 1. The number of carbonyl (C=O) groups excluding carboxylic acids is 1. The molecule has 1 aliphatic heterocycles. The van der Waals surface area contributed by atoms with Crippen molar-refractivity contribution in [3.8, 4) is 10.8 Å². The van der Waals surface area contributed by atoms with Gasteiger partial charge in [-0.1, -0.05) is 0 Å². The number of amides is 1. The molecule has 1 unspecified atom stereocenters. The van der Waals surface area contributed by atoms with Crippen molar-refractivity contribution in [2.24, 2.45) is 5.92 Å². The monoisotopic (exact) mass is 319 g/mol. The molecule has 118 valence electrons. The summed E-state index contributed by atoms with van der Waals surface area (Å²) < 4.78 is 5.56. The number of piperidine rings is 1. The van der Waals surface area contributed by atoms with Gasteiger partial charge in [-0.15, -0.1) is 11.3 Å². The molecule has 0 aromatic carbocycles. The summed E-state index contributed by atoms with van der Waals surface area (Å²) in [5.41, 5.74) is 0.799. The molecule has 0 saturated carbocycles. The molecule has 3 rings (SSSR count). The lowest BCUT2D eigenvalue weighted by molar-refractivity contribution is -0.120. The van der Waals surface area contributed by atoms with Gasteiger partial charge in [0.1, 0.15) is 5.76 Å². The highest BCUT2D eigenvalue weighted by molar-refractivity contribution is 7.13. The van der Waals surface area contributed by atoms with Crippen molar-refractivity contribution < 1.29 is 9.21 Å². The van der Waals surface area contributed by atoms with Crippen molar-refractivity contribution in [1.82, 2.24) is 15.6 Å². The maximum Gasteiger partial charge on any atom is 0.226 e. The van der Waals surface area contributed by atoms with E-state index in [1.54, 1.807) is 0 Å². The fraction of sp³-hybridized carbons (Fsp3) is 0.500. The second-order valence-electron chi connectivity index (χ2n) is 5.75. The van der Waals surface area contributed by atoms with E-state index in [2.05, 4.69) is 15.6 Å². The van der Waals surface area contributed by atoms with Gasteiger partial charge >= 0.3 is 0 Å². The molecule has 0 aliphatic carbocycles. The highest BCUT2D eigenvalue weighted by Crippen LogP contribution is 2.25. The van der Waals surface area contributed by atoms with Gasteiger partial charge in [-0.3, -0.25) is 4.79 Å². The van der Waals surface area contributed by atoms with Crippen molar-refractivity contribution in [2.75, 3.05) is 19.6 Å². The molecule has 1 atom stereocenters. The zero-order chi connectivity index (χ0) is 15.4. The predicted molar refractivity (Wildman–Crippen MR) is 86.9 cm³/mol. The molecule has 5 nitrogen and oxygen atoms in total. The Hall–Kier alpha value is -1.66. The van der Waals surface area contributed by atoms with Crippen LogP contribution in [0.4, 0.5) is 0 Å². The fourth-order valence-electron chi connectivity index (χ4n) is 2.63. The summed E-state index contributed by atoms with van der Waals surface area (Å²) in [4.78, 5) is 16.5. The third-order valence-corrected chi connectivity index (χ3v) is 4.74. The molecular weight excluding hydrogens is 298 g/mol. The molecule has 2 aromatic heterocycles. The molecule has 22 heavy (non-hydrogen) atoms. The van der Waals surface area contributed by atoms with E-state index in [0.29, 0.717) is 12.3 Å². The fourth-order valence-corrected chi connectivity index (χ4v) is 3.41. The predicted octanol–water partition coefficient (Wildman–Crippen LogP) is 2.37. The van der Waals surface area contributed by atoms with E-state index in [0.717, 1.165) is 41.9 Å². The van der Waals surface area contributed by atoms with Crippen LogP contribution in [-0.4, -0.2) is 30.5 Å². The Morgan fingerprint density at radius 3 is 3.18 bits per heavy atom. The largest absolute Gasteiger partial charge is 0.459 e. The molecule has 1 fully saturated rings. The van der Waals surface area contributed by atoms with Crippen molar-refractivity contribution >= 4 is 17.2 Å². The van der Waals surface area contributed by atoms with E-state index >= 15 is 0 Å². The molecule has 2 aromatic rings. The molecule has 0 spiro atoms. The van der Waals surface area contributed by atoms with Crippen molar-refractivity contribution in [3.05, 3.63) is 29.0 Å². The van der Waals surface area contributed by atoms with Crippen LogP contribution in [0.15, 0.2) is 21.9 Å². The number of nitrogens with zero attached hydrogens (tertiary/aromatic N) is 1. The first-order valence-electron chi connectivity index (χ1n) is 7.69. The number of hydrogen-bond donors (Lipinski definition) is 2. The Morgan fingerprint density at radius 2 is 2.45 bits per heavy atom. The van der Waals surface area contributed by atoms with Crippen LogP contribution in [0.5, 0.6) is 0 Å². The highest BCUT2D eigenvalue weighted by Gasteiger charge is 2.15. The molecule has 2 N–H and O–H groups in total.